The van der Waals surface area contributed by atoms with Gasteiger partial charge in [-0.2, -0.15) is 0 Å². The zero-order chi connectivity index (χ0) is 14.5. The first-order valence-corrected chi connectivity index (χ1v) is 7.80. The number of aryl methyl sites for hydroxylation is 1. The first kappa shape index (κ1) is 15.1. The van der Waals surface area contributed by atoms with E-state index in [0.717, 1.165) is 30.3 Å². The highest BCUT2D eigenvalue weighted by molar-refractivity contribution is 7.10. The van der Waals surface area contributed by atoms with Gasteiger partial charge in [-0.15, -0.1) is 11.3 Å². The minimum absolute atomic E-state index is 0.277. The number of thiophene rings is 1. The van der Waals surface area contributed by atoms with Crippen molar-refractivity contribution in [3.63, 3.8) is 0 Å². The first-order chi connectivity index (χ1) is 9.69. The number of nitrogens with one attached hydrogen (secondary N) is 1. The van der Waals surface area contributed by atoms with Crippen LogP contribution in [-0.4, -0.2) is 6.54 Å². The second kappa shape index (κ2) is 6.95. The quantitative estimate of drug-likeness (QED) is 0.816. The summed E-state index contributed by atoms with van der Waals surface area (Å²) in [5.74, 6) is -1.54. The van der Waals surface area contributed by atoms with Crippen LogP contribution in [0.15, 0.2) is 29.6 Å². The molecule has 0 radical (unpaired) electrons. The number of hydrogen-bond acceptors (Lipinski definition) is 2. The van der Waals surface area contributed by atoms with Crippen LogP contribution in [-0.2, 0) is 6.42 Å². The van der Waals surface area contributed by atoms with Gasteiger partial charge in [-0.3, -0.25) is 0 Å². The zero-order valence-electron chi connectivity index (χ0n) is 11.7. The SMILES string of the molecule is CCCNC(c1cccc(F)c1F)c1sccc1CC. The molecular weight excluding hydrogens is 276 g/mol. The average molecular weight is 295 g/mol. The van der Waals surface area contributed by atoms with Crippen LogP contribution < -0.4 is 5.32 Å². The first-order valence-electron chi connectivity index (χ1n) is 6.92. The molecule has 0 aliphatic rings. The lowest BCUT2D eigenvalue weighted by Gasteiger charge is -2.20. The zero-order valence-corrected chi connectivity index (χ0v) is 12.6. The fourth-order valence-electron chi connectivity index (χ4n) is 2.27. The summed E-state index contributed by atoms with van der Waals surface area (Å²) in [6.45, 7) is 4.90. The van der Waals surface area contributed by atoms with E-state index in [0.29, 0.717) is 5.56 Å². The monoisotopic (exact) mass is 295 g/mol. The van der Waals surface area contributed by atoms with E-state index in [2.05, 4.69) is 25.2 Å². The molecule has 20 heavy (non-hydrogen) atoms. The molecule has 2 aromatic rings. The van der Waals surface area contributed by atoms with Crippen LogP contribution in [0.25, 0.3) is 0 Å². The third-order valence-electron chi connectivity index (χ3n) is 3.31. The Bertz CT molecular complexity index is 565. The summed E-state index contributed by atoms with van der Waals surface area (Å²) in [7, 11) is 0. The summed E-state index contributed by atoms with van der Waals surface area (Å²) in [5, 5.41) is 5.34. The van der Waals surface area contributed by atoms with Gasteiger partial charge in [-0.25, -0.2) is 8.78 Å². The maximum atomic E-state index is 14.1. The molecule has 4 heteroatoms. The van der Waals surface area contributed by atoms with Crippen molar-refractivity contribution in [2.75, 3.05) is 6.54 Å². The molecule has 1 N–H and O–H groups in total. The lowest BCUT2D eigenvalue weighted by atomic mass is 10.0. The van der Waals surface area contributed by atoms with E-state index >= 15 is 0 Å². The second-order valence-corrected chi connectivity index (χ2v) is 5.64. The molecule has 0 spiro atoms. The van der Waals surface area contributed by atoms with E-state index in [4.69, 9.17) is 0 Å². The topological polar surface area (TPSA) is 12.0 Å². The van der Waals surface area contributed by atoms with Gasteiger partial charge in [-0.05, 0) is 42.5 Å². The van der Waals surface area contributed by atoms with E-state index in [9.17, 15) is 8.78 Å². The maximum absolute atomic E-state index is 14.1. The van der Waals surface area contributed by atoms with Crippen LogP contribution in [0.3, 0.4) is 0 Å². The van der Waals surface area contributed by atoms with E-state index in [-0.39, 0.29) is 6.04 Å². The Kier molecular flexibility index (Phi) is 5.26. The largest absolute Gasteiger partial charge is 0.305 e. The lowest BCUT2D eigenvalue weighted by Crippen LogP contribution is -2.24. The molecule has 1 atom stereocenters. The Balaban J connectivity index is 2.44. The van der Waals surface area contributed by atoms with Crippen LogP contribution in [0.2, 0.25) is 0 Å². The standard InChI is InChI=1S/C16H19F2NS/c1-3-9-19-15(16-11(4-2)8-10-20-16)12-6-5-7-13(17)14(12)18/h5-8,10,15,19H,3-4,9H2,1-2H3. The summed E-state index contributed by atoms with van der Waals surface area (Å²) in [4.78, 5) is 1.07. The Hall–Kier alpha value is -1.26. The fourth-order valence-corrected chi connectivity index (χ4v) is 3.36. The van der Waals surface area contributed by atoms with Gasteiger partial charge < -0.3 is 5.32 Å². The van der Waals surface area contributed by atoms with E-state index < -0.39 is 11.6 Å². The summed E-state index contributed by atoms with van der Waals surface area (Å²) in [6, 6.07) is 6.15. The number of benzene rings is 1. The molecule has 1 nitrogen and oxygen atoms in total. The minimum Gasteiger partial charge on any atom is -0.305 e. The second-order valence-electron chi connectivity index (χ2n) is 4.69. The average Bonchev–Trinajstić information content (AvgIpc) is 2.92. The van der Waals surface area contributed by atoms with Gasteiger partial charge in [0.1, 0.15) is 0 Å². The van der Waals surface area contributed by atoms with Gasteiger partial charge in [0, 0.05) is 10.4 Å². The van der Waals surface area contributed by atoms with Crippen molar-refractivity contribution in [1.82, 2.24) is 5.32 Å². The molecule has 0 saturated heterocycles. The van der Waals surface area contributed by atoms with Gasteiger partial charge in [0.05, 0.1) is 6.04 Å². The Labute approximate surface area is 122 Å². The number of rotatable bonds is 6. The highest BCUT2D eigenvalue weighted by Crippen LogP contribution is 2.32. The van der Waals surface area contributed by atoms with Crippen molar-refractivity contribution in [3.8, 4) is 0 Å². The molecule has 0 aliphatic heterocycles. The van der Waals surface area contributed by atoms with Crippen LogP contribution in [0.1, 0.15) is 42.3 Å². The predicted octanol–water partition coefficient (Wildman–Crippen LogP) is 4.68. The number of hydrogen-bond donors (Lipinski definition) is 1. The third-order valence-corrected chi connectivity index (χ3v) is 4.34. The summed E-state index contributed by atoms with van der Waals surface area (Å²) in [5.41, 5.74) is 1.57. The molecule has 1 aromatic heterocycles. The van der Waals surface area contributed by atoms with Gasteiger partial charge in [0.2, 0.25) is 0 Å². The summed E-state index contributed by atoms with van der Waals surface area (Å²) < 4.78 is 27.6. The van der Waals surface area contributed by atoms with Crippen molar-refractivity contribution < 1.29 is 8.78 Å². The number of halogens is 2. The van der Waals surface area contributed by atoms with Crippen LogP contribution in [0, 0.1) is 11.6 Å². The third kappa shape index (κ3) is 3.07. The lowest BCUT2D eigenvalue weighted by molar-refractivity contribution is 0.481. The van der Waals surface area contributed by atoms with Crippen molar-refractivity contribution in [2.24, 2.45) is 0 Å². The van der Waals surface area contributed by atoms with E-state index in [1.54, 1.807) is 23.5 Å². The summed E-state index contributed by atoms with van der Waals surface area (Å²) >= 11 is 1.59. The van der Waals surface area contributed by atoms with Crippen molar-refractivity contribution in [1.29, 1.82) is 0 Å². The fraction of sp³-hybridized carbons (Fsp3) is 0.375. The molecule has 0 aliphatic carbocycles. The molecule has 2 rings (SSSR count). The van der Waals surface area contributed by atoms with Crippen LogP contribution in [0.4, 0.5) is 8.78 Å². The molecule has 1 aromatic carbocycles. The predicted molar refractivity (Wildman–Crippen MR) is 80.2 cm³/mol. The molecule has 0 fully saturated rings. The van der Waals surface area contributed by atoms with Gasteiger partial charge in [0.25, 0.3) is 0 Å². The minimum atomic E-state index is -0.791. The Morgan fingerprint density at radius 3 is 2.70 bits per heavy atom. The Morgan fingerprint density at radius 2 is 2.00 bits per heavy atom. The van der Waals surface area contributed by atoms with Crippen LogP contribution in [0.5, 0.6) is 0 Å². The molecule has 0 bridgehead atoms. The normalized spacial score (nSPS) is 12.6. The molecular formula is C16H19F2NS. The van der Waals surface area contributed by atoms with Gasteiger partial charge >= 0.3 is 0 Å². The van der Waals surface area contributed by atoms with Crippen molar-refractivity contribution in [3.05, 3.63) is 57.3 Å². The van der Waals surface area contributed by atoms with Gasteiger partial charge in [-0.1, -0.05) is 26.0 Å². The van der Waals surface area contributed by atoms with Crippen LogP contribution >= 0.6 is 11.3 Å². The maximum Gasteiger partial charge on any atom is 0.163 e. The molecule has 0 saturated carbocycles. The van der Waals surface area contributed by atoms with Gasteiger partial charge in [0.15, 0.2) is 11.6 Å². The van der Waals surface area contributed by atoms with E-state index in [1.165, 1.54) is 5.56 Å². The molecule has 1 heterocycles. The highest BCUT2D eigenvalue weighted by atomic mass is 32.1. The van der Waals surface area contributed by atoms with Crippen molar-refractivity contribution >= 4 is 11.3 Å². The smallest absolute Gasteiger partial charge is 0.163 e. The Morgan fingerprint density at radius 1 is 1.20 bits per heavy atom. The molecule has 108 valence electrons. The molecule has 0 amide bonds. The summed E-state index contributed by atoms with van der Waals surface area (Å²) in [6.07, 6.45) is 1.83. The highest BCUT2D eigenvalue weighted by Gasteiger charge is 2.22. The van der Waals surface area contributed by atoms with Crippen molar-refractivity contribution in [2.45, 2.75) is 32.7 Å². The van der Waals surface area contributed by atoms with E-state index in [1.807, 2.05) is 5.38 Å². The molecule has 1 unspecified atom stereocenters.